The minimum atomic E-state index is -0.463. The van der Waals surface area contributed by atoms with Gasteiger partial charge in [0, 0.05) is 24.1 Å². The molecule has 5 nitrogen and oxygen atoms in total. The molecule has 0 aliphatic rings. The molecule has 0 amide bonds. The number of rotatable bonds is 5. The molecule has 6 heteroatoms. The second-order valence-electron chi connectivity index (χ2n) is 4.69. The van der Waals surface area contributed by atoms with Crippen LogP contribution in [0.1, 0.15) is 13.8 Å². The molecule has 0 heterocycles. The second kappa shape index (κ2) is 5.33. The van der Waals surface area contributed by atoms with Crippen molar-refractivity contribution in [3.63, 3.8) is 0 Å². The molecule has 1 rings (SSSR count). The normalized spacial score (nSPS) is 11.3. The van der Waals surface area contributed by atoms with Gasteiger partial charge < -0.3 is 11.1 Å². The molecule has 1 aromatic carbocycles. The van der Waals surface area contributed by atoms with E-state index in [1.54, 1.807) is 6.07 Å². The Labute approximate surface area is 105 Å². The summed E-state index contributed by atoms with van der Waals surface area (Å²) in [6.45, 7) is 5.69. The van der Waals surface area contributed by atoms with Crippen molar-refractivity contribution >= 4 is 23.0 Å². The van der Waals surface area contributed by atoms with E-state index >= 15 is 0 Å². The van der Waals surface area contributed by atoms with E-state index in [0.29, 0.717) is 17.3 Å². The zero-order valence-corrected chi connectivity index (χ0v) is 10.8. The number of anilines is 1. The molecular formula is C11H17ClN3O2+. The van der Waals surface area contributed by atoms with E-state index in [1.807, 2.05) is 0 Å². The van der Waals surface area contributed by atoms with Crippen LogP contribution in [0.15, 0.2) is 18.2 Å². The van der Waals surface area contributed by atoms with Gasteiger partial charge in [0.2, 0.25) is 0 Å². The largest absolute Gasteiger partial charge is 0.383 e. The highest BCUT2D eigenvalue weighted by Gasteiger charge is 2.18. The number of nitrogens with zero attached hydrogens (tertiary/aromatic N) is 1. The Hall–Kier alpha value is -1.33. The van der Waals surface area contributed by atoms with Gasteiger partial charge in [0.05, 0.1) is 22.2 Å². The summed E-state index contributed by atoms with van der Waals surface area (Å²) in [6, 6.07) is 4.41. The van der Waals surface area contributed by atoms with Crippen molar-refractivity contribution in [3.05, 3.63) is 33.3 Å². The van der Waals surface area contributed by atoms with Crippen molar-refractivity contribution in [2.45, 2.75) is 13.8 Å². The quantitative estimate of drug-likeness (QED) is 0.625. The van der Waals surface area contributed by atoms with Crippen LogP contribution in [0.25, 0.3) is 0 Å². The lowest BCUT2D eigenvalue weighted by Gasteiger charge is -2.21. The van der Waals surface area contributed by atoms with Gasteiger partial charge in [-0.3, -0.25) is 10.1 Å². The maximum absolute atomic E-state index is 10.5. The molecule has 0 saturated heterocycles. The zero-order chi connectivity index (χ0) is 13.1. The fraction of sp³-hybridized carbons (Fsp3) is 0.455. The molecule has 1 aromatic rings. The third-order valence-corrected chi connectivity index (χ3v) is 2.91. The van der Waals surface area contributed by atoms with Gasteiger partial charge in [-0.2, -0.15) is 0 Å². The van der Waals surface area contributed by atoms with Crippen LogP contribution >= 0.6 is 11.6 Å². The van der Waals surface area contributed by atoms with Gasteiger partial charge in [0.1, 0.15) is 0 Å². The highest BCUT2D eigenvalue weighted by molar-refractivity contribution is 6.33. The molecule has 0 bridgehead atoms. The molecule has 0 unspecified atom stereocenters. The molecule has 0 aromatic heterocycles. The number of halogens is 1. The molecule has 0 aliphatic carbocycles. The molecular weight excluding hydrogens is 242 g/mol. The third-order valence-electron chi connectivity index (χ3n) is 2.60. The molecule has 17 heavy (non-hydrogen) atoms. The molecule has 4 N–H and O–H groups in total. The number of hydrogen-bond donors (Lipinski definition) is 2. The Kier molecular flexibility index (Phi) is 4.31. The second-order valence-corrected chi connectivity index (χ2v) is 5.10. The van der Waals surface area contributed by atoms with Gasteiger partial charge in [-0.25, -0.2) is 0 Å². The summed E-state index contributed by atoms with van der Waals surface area (Å²) >= 11 is 5.96. The number of nitro groups is 1. The van der Waals surface area contributed by atoms with Crippen LogP contribution in [-0.2, 0) is 0 Å². The minimum absolute atomic E-state index is 0.00281. The van der Waals surface area contributed by atoms with Crippen molar-refractivity contribution in [2.24, 2.45) is 5.41 Å². The lowest BCUT2D eigenvalue weighted by molar-refractivity contribution is -0.388. The average Bonchev–Trinajstić information content (AvgIpc) is 2.27. The van der Waals surface area contributed by atoms with E-state index in [0.717, 1.165) is 6.54 Å². The van der Waals surface area contributed by atoms with Crippen LogP contribution in [0.2, 0.25) is 5.02 Å². The summed E-state index contributed by atoms with van der Waals surface area (Å²) in [5.41, 5.74) is 4.63. The highest BCUT2D eigenvalue weighted by Crippen LogP contribution is 2.27. The topological polar surface area (TPSA) is 82.8 Å². The molecule has 0 aliphatic heterocycles. The van der Waals surface area contributed by atoms with E-state index in [2.05, 4.69) is 24.9 Å². The number of nitro benzene ring substituents is 1. The molecule has 0 spiro atoms. The Balaban J connectivity index is 2.77. The highest BCUT2D eigenvalue weighted by atomic mass is 35.5. The van der Waals surface area contributed by atoms with E-state index < -0.39 is 4.92 Å². The average molecular weight is 259 g/mol. The van der Waals surface area contributed by atoms with Crippen LogP contribution in [0.5, 0.6) is 0 Å². The summed E-state index contributed by atoms with van der Waals surface area (Å²) in [5.74, 6) is 0. The van der Waals surface area contributed by atoms with Crippen molar-refractivity contribution in [3.8, 4) is 0 Å². The van der Waals surface area contributed by atoms with Crippen molar-refractivity contribution in [1.29, 1.82) is 0 Å². The lowest BCUT2D eigenvalue weighted by Crippen LogP contribution is -2.58. The summed E-state index contributed by atoms with van der Waals surface area (Å²) in [6.07, 6.45) is 0. The van der Waals surface area contributed by atoms with E-state index in [1.165, 1.54) is 12.1 Å². The first-order valence-corrected chi connectivity index (χ1v) is 5.70. The van der Waals surface area contributed by atoms with Crippen LogP contribution in [0.3, 0.4) is 0 Å². The standard InChI is InChI=1S/C11H16ClN3O2/c1-11(2,6-13)7-14-10-4-3-8(15(16)17)5-9(10)12/h3-5,14H,6-7,13H2,1-2H3/p+1. The molecule has 0 saturated carbocycles. The van der Waals surface area contributed by atoms with Crippen LogP contribution in [-0.4, -0.2) is 18.0 Å². The lowest BCUT2D eigenvalue weighted by atomic mass is 9.94. The number of benzene rings is 1. The fourth-order valence-electron chi connectivity index (χ4n) is 1.18. The van der Waals surface area contributed by atoms with Crippen molar-refractivity contribution in [1.82, 2.24) is 0 Å². The van der Waals surface area contributed by atoms with Gasteiger partial charge >= 0.3 is 0 Å². The van der Waals surface area contributed by atoms with E-state index in [4.69, 9.17) is 11.6 Å². The molecule has 0 atom stereocenters. The maximum Gasteiger partial charge on any atom is 0.271 e. The zero-order valence-electron chi connectivity index (χ0n) is 10.00. The van der Waals surface area contributed by atoms with Crippen molar-refractivity contribution < 1.29 is 10.7 Å². The summed E-state index contributed by atoms with van der Waals surface area (Å²) in [4.78, 5) is 10.1. The van der Waals surface area contributed by atoms with Gasteiger partial charge in [0.25, 0.3) is 5.69 Å². The monoisotopic (exact) mass is 258 g/mol. The first-order valence-electron chi connectivity index (χ1n) is 5.33. The predicted molar refractivity (Wildman–Crippen MR) is 68.1 cm³/mol. The van der Waals surface area contributed by atoms with Gasteiger partial charge in [0.15, 0.2) is 0 Å². The van der Waals surface area contributed by atoms with Gasteiger partial charge in [-0.1, -0.05) is 25.4 Å². The van der Waals surface area contributed by atoms with Gasteiger partial charge in [-0.05, 0) is 6.07 Å². The molecule has 94 valence electrons. The van der Waals surface area contributed by atoms with Gasteiger partial charge in [-0.15, -0.1) is 0 Å². The smallest absolute Gasteiger partial charge is 0.271 e. The van der Waals surface area contributed by atoms with E-state index in [9.17, 15) is 10.1 Å². The Morgan fingerprint density at radius 3 is 2.65 bits per heavy atom. The van der Waals surface area contributed by atoms with Crippen LogP contribution in [0, 0.1) is 15.5 Å². The predicted octanol–water partition coefficient (Wildman–Crippen LogP) is 1.93. The number of hydrogen-bond acceptors (Lipinski definition) is 3. The van der Waals surface area contributed by atoms with Crippen molar-refractivity contribution in [2.75, 3.05) is 18.4 Å². The van der Waals surface area contributed by atoms with Crippen LogP contribution < -0.4 is 11.1 Å². The number of non-ortho nitro benzene ring substituents is 1. The first-order chi connectivity index (χ1) is 7.85. The first kappa shape index (κ1) is 13.7. The SMILES string of the molecule is CC(C)(C[NH3+])CNc1ccc([N+](=O)[O-])cc1Cl. The minimum Gasteiger partial charge on any atom is -0.383 e. The molecule has 0 radical (unpaired) electrons. The summed E-state index contributed by atoms with van der Waals surface area (Å²) in [5, 5.41) is 14.1. The summed E-state index contributed by atoms with van der Waals surface area (Å²) < 4.78 is 0. The molecule has 0 fully saturated rings. The van der Waals surface area contributed by atoms with E-state index in [-0.39, 0.29) is 11.1 Å². The Morgan fingerprint density at radius 2 is 2.18 bits per heavy atom. The number of quaternary nitrogens is 1. The third kappa shape index (κ3) is 3.87. The Morgan fingerprint density at radius 1 is 1.53 bits per heavy atom. The maximum atomic E-state index is 10.5. The summed E-state index contributed by atoms with van der Waals surface area (Å²) in [7, 11) is 0. The van der Waals surface area contributed by atoms with Crippen LogP contribution in [0.4, 0.5) is 11.4 Å². The fourth-order valence-corrected chi connectivity index (χ4v) is 1.43. The Bertz CT molecular complexity index is 421. The number of nitrogens with one attached hydrogen (secondary N) is 1.